The van der Waals surface area contributed by atoms with Crippen LogP contribution in [-0.2, 0) is 0 Å². The topological polar surface area (TPSA) is 38.9 Å². The lowest BCUT2D eigenvalue weighted by Crippen LogP contribution is -2.40. The Morgan fingerprint density at radius 1 is 1.31 bits per heavy atom. The van der Waals surface area contributed by atoms with Crippen LogP contribution in [0.2, 0.25) is 0 Å². The highest BCUT2D eigenvalue weighted by Crippen LogP contribution is 2.50. The molecule has 0 saturated heterocycles. The fourth-order valence-electron chi connectivity index (χ4n) is 3.12. The average Bonchev–Trinajstić information content (AvgIpc) is 2.82. The summed E-state index contributed by atoms with van der Waals surface area (Å²) in [6.45, 7) is 4.65. The lowest BCUT2D eigenvalue weighted by Gasteiger charge is -2.45. The third-order valence-corrected chi connectivity index (χ3v) is 5.17. The van der Waals surface area contributed by atoms with Crippen LogP contribution in [0.3, 0.4) is 0 Å². The van der Waals surface area contributed by atoms with Gasteiger partial charge in [-0.05, 0) is 24.2 Å². The largest absolute Gasteiger partial charge is 0.323 e. The quantitative estimate of drug-likeness (QED) is 0.871. The SMILES string of the molecule is CC(C)C1(C(N)c2cncs2)CCCCC1. The van der Waals surface area contributed by atoms with E-state index in [0.29, 0.717) is 11.3 Å². The van der Waals surface area contributed by atoms with Crippen molar-refractivity contribution in [1.82, 2.24) is 4.98 Å². The Hall–Kier alpha value is -0.410. The van der Waals surface area contributed by atoms with Gasteiger partial charge in [0.1, 0.15) is 0 Å². The predicted octanol–water partition coefficient (Wildman–Crippen LogP) is 3.75. The highest BCUT2D eigenvalue weighted by Gasteiger charge is 2.41. The molecule has 1 unspecified atom stereocenters. The van der Waals surface area contributed by atoms with E-state index >= 15 is 0 Å². The average molecular weight is 238 g/mol. The molecule has 0 aromatic carbocycles. The van der Waals surface area contributed by atoms with Gasteiger partial charge in [0.15, 0.2) is 0 Å². The summed E-state index contributed by atoms with van der Waals surface area (Å²) in [5.74, 6) is 0.657. The third-order valence-electron chi connectivity index (χ3n) is 4.31. The van der Waals surface area contributed by atoms with Gasteiger partial charge < -0.3 is 5.73 Å². The maximum absolute atomic E-state index is 6.52. The molecule has 2 nitrogen and oxygen atoms in total. The van der Waals surface area contributed by atoms with Gasteiger partial charge in [-0.15, -0.1) is 11.3 Å². The van der Waals surface area contributed by atoms with Crippen LogP contribution in [0.5, 0.6) is 0 Å². The molecule has 1 fully saturated rings. The van der Waals surface area contributed by atoms with E-state index in [1.165, 1.54) is 37.0 Å². The molecule has 1 atom stereocenters. The summed E-state index contributed by atoms with van der Waals surface area (Å²) in [5.41, 5.74) is 8.73. The monoisotopic (exact) mass is 238 g/mol. The summed E-state index contributed by atoms with van der Waals surface area (Å²) in [6.07, 6.45) is 8.57. The zero-order valence-electron chi connectivity index (χ0n) is 10.3. The van der Waals surface area contributed by atoms with Crippen molar-refractivity contribution in [2.24, 2.45) is 17.1 Å². The molecule has 1 aliphatic rings. The maximum Gasteiger partial charge on any atom is 0.0794 e. The molecule has 1 saturated carbocycles. The second kappa shape index (κ2) is 4.84. The smallest absolute Gasteiger partial charge is 0.0794 e. The van der Waals surface area contributed by atoms with E-state index in [-0.39, 0.29) is 6.04 Å². The van der Waals surface area contributed by atoms with Crippen molar-refractivity contribution in [3.8, 4) is 0 Å². The Bertz CT molecular complexity index is 313. The van der Waals surface area contributed by atoms with E-state index in [0.717, 1.165) is 0 Å². The number of thiazole rings is 1. The van der Waals surface area contributed by atoms with Crippen LogP contribution in [-0.4, -0.2) is 4.98 Å². The van der Waals surface area contributed by atoms with Gasteiger partial charge in [0.25, 0.3) is 0 Å². The molecule has 0 aliphatic heterocycles. The molecular weight excluding hydrogens is 216 g/mol. The van der Waals surface area contributed by atoms with Gasteiger partial charge in [0, 0.05) is 17.1 Å². The van der Waals surface area contributed by atoms with Crippen LogP contribution in [0.25, 0.3) is 0 Å². The van der Waals surface area contributed by atoms with Gasteiger partial charge in [0.05, 0.1) is 5.51 Å². The number of nitrogens with zero attached hydrogens (tertiary/aromatic N) is 1. The van der Waals surface area contributed by atoms with Gasteiger partial charge in [-0.1, -0.05) is 33.1 Å². The Morgan fingerprint density at radius 2 is 2.00 bits per heavy atom. The molecular formula is C13H22N2S. The van der Waals surface area contributed by atoms with Crippen molar-refractivity contribution in [1.29, 1.82) is 0 Å². The van der Waals surface area contributed by atoms with E-state index in [2.05, 4.69) is 18.8 Å². The second-order valence-corrected chi connectivity index (χ2v) is 6.25. The first-order valence-electron chi connectivity index (χ1n) is 6.31. The number of rotatable bonds is 3. The first kappa shape index (κ1) is 12.1. The number of hydrogen-bond acceptors (Lipinski definition) is 3. The molecule has 16 heavy (non-hydrogen) atoms. The van der Waals surface area contributed by atoms with Crippen LogP contribution in [0.1, 0.15) is 56.9 Å². The minimum Gasteiger partial charge on any atom is -0.323 e. The minimum absolute atomic E-state index is 0.181. The first-order chi connectivity index (χ1) is 7.67. The highest BCUT2D eigenvalue weighted by molar-refractivity contribution is 7.09. The van der Waals surface area contributed by atoms with Crippen molar-refractivity contribution in [3.63, 3.8) is 0 Å². The summed E-state index contributed by atoms with van der Waals surface area (Å²) in [6, 6.07) is 0.181. The maximum atomic E-state index is 6.52. The van der Waals surface area contributed by atoms with Crippen molar-refractivity contribution >= 4 is 11.3 Å². The Morgan fingerprint density at radius 3 is 2.50 bits per heavy atom. The fourth-order valence-corrected chi connectivity index (χ4v) is 3.87. The van der Waals surface area contributed by atoms with Gasteiger partial charge >= 0.3 is 0 Å². The zero-order chi connectivity index (χ0) is 11.6. The summed E-state index contributed by atoms with van der Waals surface area (Å²) < 4.78 is 0. The number of hydrogen-bond donors (Lipinski definition) is 1. The van der Waals surface area contributed by atoms with Gasteiger partial charge in [-0.3, -0.25) is 4.98 Å². The van der Waals surface area contributed by atoms with Crippen LogP contribution in [0.4, 0.5) is 0 Å². The lowest BCUT2D eigenvalue weighted by atomic mass is 9.62. The van der Waals surface area contributed by atoms with E-state index in [9.17, 15) is 0 Å². The third kappa shape index (κ3) is 2.03. The van der Waals surface area contributed by atoms with E-state index < -0.39 is 0 Å². The van der Waals surface area contributed by atoms with Crippen LogP contribution < -0.4 is 5.73 Å². The van der Waals surface area contributed by atoms with Gasteiger partial charge in [-0.2, -0.15) is 0 Å². The number of nitrogens with two attached hydrogens (primary N) is 1. The molecule has 2 N–H and O–H groups in total. The molecule has 1 aromatic rings. The molecule has 3 heteroatoms. The molecule has 1 aliphatic carbocycles. The molecule has 0 bridgehead atoms. The Balaban J connectivity index is 2.25. The molecule has 0 radical (unpaired) electrons. The minimum atomic E-state index is 0.181. The highest BCUT2D eigenvalue weighted by atomic mass is 32.1. The molecule has 1 heterocycles. The fraction of sp³-hybridized carbons (Fsp3) is 0.769. The van der Waals surface area contributed by atoms with Crippen molar-refractivity contribution in [3.05, 3.63) is 16.6 Å². The van der Waals surface area contributed by atoms with Crippen molar-refractivity contribution < 1.29 is 0 Å². The Labute approximate surface area is 102 Å². The van der Waals surface area contributed by atoms with E-state index in [1.54, 1.807) is 11.3 Å². The first-order valence-corrected chi connectivity index (χ1v) is 7.19. The second-order valence-electron chi connectivity index (χ2n) is 5.33. The summed E-state index contributed by atoms with van der Waals surface area (Å²) in [4.78, 5) is 5.43. The van der Waals surface area contributed by atoms with Crippen LogP contribution >= 0.6 is 11.3 Å². The van der Waals surface area contributed by atoms with Crippen molar-refractivity contribution in [2.75, 3.05) is 0 Å². The van der Waals surface area contributed by atoms with Crippen LogP contribution in [0.15, 0.2) is 11.7 Å². The molecule has 0 spiro atoms. The number of aromatic nitrogens is 1. The summed E-state index contributed by atoms with van der Waals surface area (Å²) >= 11 is 1.70. The summed E-state index contributed by atoms with van der Waals surface area (Å²) in [7, 11) is 0. The Kier molecular flexibility index (Phi) is 3.65. The standard InChI is InChI=1S/C13H22N2S/c1-10(2)13(6-4-3-5-7-13)12(14)11-8-15-9-16-11/h8-10,12H,3-7,14H2,1-2H3. The summed E-state index contributed by atoms with van der Waals surface area (Å²) in [5, 5.41) is 0. The van der Waals surface area contributed by atoms with E-state index in [1.807, 2.05) is 11.7 Å². The molecule has 1 aromatic heterocycles. The predicted molar refractivity (Wildman–Crippen MR) is 69.4 cm³/mol. The van der Waals surface area contributed by atoms with E-state index in [4.69, 9.17) is 5.73 Å². The molecule has 0 amide bonds. The zero-order valence-corrected chi connectivity index (χ0v) is 11.1. The van der Waals surface area contributed by atoms with Crippen molar-refractivity contribution in [2.45, 2.75) is 52.0 Å². The van der Waals surface area contributed by atoms with Crippen LogP contribution in [0, 0.1) is 11.3 Å². The molecule has 90 valence electrons. The lowest BCUT2D eigenvalue weighted by molar-refractivity contribution is 0.0829. The normalized spacial score (nSPS) is 22.2. The van der Waals surface area contributed by atoms with Gasteiger partial charge in [0.2, 0.25) is 0 Å². The molecule has 2 rings (SSSR count). The van der Waals surface area contributed by atoms with Gasteiger partial charge in [-0.25, -0.2) is 0 Å².